The second-order valence-electron chi connectivity index (χ2n) is 10.7. The number of nitrogens with zero attached hydrogens (tertiary/aromatic N) is 5. The molecule has 3 heterocycles. The predicted molar refractivity (Wildman–Crippen MR) is 154 cm³/mol. The highest BCUT2D eigenvalue weighted by Gasteiger charge is 2.42. The maximum absolute atomic E-state index is 13.7. The minimum Gasteiger partial charge on any atom is -0.410 e. The van der Waals surface area contributed by atoms with E-state index in [1.165, 1.54) is 11.1 Å². The summed E-state index contributed by atoms with van der Waals surface area (Å²) in [6.45, 7) is 1.96. The topological polar surface area (TPSA) is 89.8 Å². The third kappa shape index (κ3) is 6.86. The SMILES string of the molecule is CN(C(=O)Oc1ccc(C(F)(F)F)cc1)[C@@H]1CN(C(=O)C2CCN(c3ccc(C#N)cn3)CC2)C[C@H]1c1ccc(Cl)cc1. The number of carbonyl (C=O) groups is 2. The molecule has 43 heavy (non-hydrogen) atoms. The summed E-state index contributed by atoms with van der Waals surface area (Å²) in [5, 5.41) is 9.57. The average molecular weight is 612 g/mol. The number of hydrogen-bond donors (Lipinski definition) is 0. The van der Waals surface area contributed by atoms with E-state index in [4.69, 9.17) is 21.6 Å². The van der Waals surface area contributed by atoms with E-state index in [-0.39, 0.29) is 30.0 Å². The molecule has 8 nitrogen and oxygen atoms in total. The Hall–Kier alpha value is -4.30. The molecule has 5 rings (SSSR count). The third-order valence-corrected chi connectivity index (χ3v) is 8.37. The Labute approximate surface area is 252 Å². The first kappa shape index (κ1) is 30.2. The molecule has 0 aliphatic carbocycles. The van der Waals surface area contributed by atoms with Gasteiger partial charge in [0.2, 0.25) is 5.91 Å². The number of aromatic nitrogens is 1. The fourth-order valence-corrected chi connectivity index (χ4v) is 5.80. The normalized spacial score (nSPS) is 19.2. The summed E-state index contributed by atoms with van der Waals surface area (Å²) < 4.78 is 44.2. The highest BCUT2D eigenvalue weighted by Crippen LogP contribution is 2.35. The Balaban J connectivity index is 1.27. The van der Waals surface area contributed by atoms with Crippen LogP contribution in [0.5, 0.6) is 5.75 Å². The number of nitriles is 1. The number of pyridine rings is 1. The summed E-state index contributed by atoms with van der Waals surface area (Å²) in [6.07, 6.45) is -2.42. The Bertz CT molecular complexity index is 1490. The fourth-order valence-electron chi connectivity index (χ4n) is 5.67. The van der Waals surface area contributed by atoms with E-state index in [1.807, 2.05) is 18.2 Å². The van der Waals surface area contributed by atoms with Crippen LogP contribution in [-0.2, 0) is 11.0 Å². The molecule has 3 aromatic rings. The van der Waals surface area contributed by atoms with Crippen LogP contribution in [-0.4, -0.2) is 66.1 Å². The lowest BCUT2D eigenvalue weighted by molar-refractivity contribution is -0.137. The molecule has 0 unspecified atom stereocenters. The van der Waals surface area contributed by atoms with Gasteiger partial charge in [-0.05, 0) is 66.9 Å². The van der Waals surface area contributed by atoms with E-state index < -0.39 is 23.9 Å². The molecule has 2 saturated heterocycles. The van der Waals surface area contributed by atoms with E-state index in [0.29, 0.717) is 43.1 Å². The van der Waals surface area contributed by atoms with Gasteiger partial charge in [0.25, 0.3) is 0 Å². The molecule has 0 saturated carbocycles. The molecular formula is C31H29ClF3N5O3. The van der Waals surface area contributed by atoms with Crippen LogP contribution < -0.4 is 9.64 Å². The molecule has 2 aliphatic heterocycles. The second-order valence-corrected chi connectivity index (χ2v) is 11.2. The Morgan fingerprint density at radius 3 is 2.28 bits per heavy atom. The number of piperidine rings is 1. The van der Waals surface area contributed by atoms with Gasteiger partial charge in [0.05, 0.1) is 17.2 Å². The Kier molecular flexibility index (Phi) is 8.78. The molecule has 2 aliphatic rings. The van der Waals surface area contributed by atoms with Crippen LogP contribution in [0.2, 0.25) is 5.02 Å². The molecule has 1 aromatic heterocycles. The number of rotatable bonds is 5. The minimum absolute atomic E-state index is 0.0117. The number of ether oxygens (including phenoxy) is 1. The van der Waals surface area contributed by atoms with Gasteiger partial charge >= 0.3 is 12.3 Å². The molecule has 224 valence electrons. The van der Waals surface area contributed by atoms with Gasteiger partial charge in [0, 0.05) is 56.3 Å². The van der Waals surface area contributed by atoms with Crippen LogP contribution in [0.3, 0.4) is 0 Å². The largest absolute Gasteiger partial charge is 0.416 e. The monoisotopic (exact) mass is 611 g/mol. The van der Waals surface area contributed by atoms with Crippen molar-refractivity contribution in [1.82, 2.24) is 14.8 Å². The second kappa shape index (κ2) is 12.5. The van der Waals surface area contributed by atoms with Crippen molar-refractivity contribution in [2.75, 3.05) is 38.1 Å². The lowest BCUT2D eigenvalue weighted by Crippen LogP contribution is -2.45. The summed E-state index contributed by atoms with van der Waals surface area (Å²) in [5.74, 6) is 0.348. The van der Waals surface area contributed by atoms with Crippen LogP contribution >= 0.6 is 11.6 Å². The van der Waals surface area contributed by atoms with Crippen molar-refractivity contribution >= 4 is 29.4 Å². The third-order valence-electron chi connectivity index (χ3n) is 8.12. The van der Waals surface area contributed by atoms with Gasteiger partial charge in [-0.3, -0.25) is 4.79 Å². The standard InChI is InChI=1S/C31H29ClF3N5O3/c1-38(30(42)43-25-9-5-23(6-10-25)31(33,34)35)27-19-40(18-26(27)21-3-7-24(32)8-4-21)29(41)22-12-14-39(15-13-22)28-11-2-20(16-36)17-37-28/h2-11,17,22,26-27H,12-15,18-19H2,1H3/t26-,27+/m0/s1. The number of likely N-dealkylation sites (tertiary alicyclic amines) is 1. The first-order chi connectivity index (χ1) is 20.5. The van der Waals surface area contributed by atoms with Crippen molar-refractivity contribution in [2.24, 2.45) is 5.92 Å². The Morgan fingerprint density at radius 1 is 1.02 bits per heavy atom. The summed E-state index contributed by atoms with van der Waals surface area (Å²) in [4.78, 5) is 36.5. The average Bonchev–Trinajstić information content (AvgIpc) is 3.46. The number of alkyl halides is 3. The molecule has 0 bridgehead atoms. The molecule has 0 radical (unpaired) electrons. The lowest BCUT2D eigenvalue weighted by Gasteiger charge is -2.34. The van der Waals surface area contributed by atoms with Crippen LogP contribution in [0.25, 0.3) is 0 Å². The van der Waals surface area contributed by atoms with Crippen molar-refractivity contribution in [3.05, 3.63) is 88.6 Å². The minimum atomic E-state index is -4.50. The summed E-state index contributed by atoms with van der Waals surface area (Å²) in [6, 6.07) is 16.3. The van der Waals surface area contributed by atoms with Gasteiger partial charge in [0.15, 0.2) is 0 Å². The number of anilines is 1. The van der Waals surface area contributed by atoms with E-state index in [1.54, 1.807) is 30.1 Å². The maximum atomic E-state index is 13.7. The summed E-state index contributed by atoms with van der Waals surface area (Å²) in [5.41, 5.74) is 0.550. The number of benzene rings is 2. The highest BCUT2D eigenvalue weighted by atomic mass is 35.5. The smallest absolute Gasteiger partial charge is 0.410 e. The first-order valence-electron chi connectivity index (χ1n) is 13.8. The van der Waals surface area contributed by atoms with Crippen LogP contribution in [0.15, 0.2) is 66.9 Å². The summed E-state index contributed by atoms with van der Waals surface area (Å²) >= 11 is 6.11. The zero-order valence-corrected chi connectivity index (χ0v) is 24.1. The van der Waals surface area contributed by atoms with Gasteiger partial charge < -0.3 is 19.4 Å². The van der Waals surface area contributed by atoms with Gasteiger partial charge in [-0.25, -0.2) is 9.78 Å². The molecule has 0 N–H and O–H groups in total. The lowest BCUT2D eigenvalue weighted by atomic mass is 9.93. The van der Waals surface area contributed by atoms with E-state index in [0.717, 1.165) is 35.6 Å². The predicted octanol–water partition coefficient (Wildman–Crippen LogP) is 5.97. The van der Waals surface area contributed by atoms with Crippen molar-refractivity contribution < 1.29 is 27.5 Å². The van der Waals surface area contributed by atoms with E-state index in [9.17, 15) is 22.8 Å². The van der Waals surface area contributed by atoms with Gasteiger partial charge in [-0.2, -0.15) is 18.4 Å². The highest BCUT2D eigenvalue weighted by molar-refractivity contribution is 6.30. The van der Waals surface area contributed by atoms with Crippen molar-refractivity contribution in [3.8, 4) is 11.8 Å². The van der Waals surface area contributed by atoms with Crippen LogP contribution in [0, 0.1) is 17.2 Å². The van der Waals surface area contributed by atoms with Crippen molar-refractivity contribution in [2.45, 2.75) is 31.0 Å². The van der Waals surface area contributed by atoms with Crippen molar-refractivity contribution in [1.29, 1.82) is 5.26 Å². The van der Waals surface area contributed by atoms with Crippen LogP contribution in [0.4, 0.5) is 23.8 Å². The molecule has 12 heteroatoms. The molecule has 2 atom stereocenters. The number of likely N-dealkylation sites (N-methyl/N-ethyl adjacent to an activating group) is 1. The quantitative estimate of drug-likeness (QED) is 0.353. The molecule has 2 fully saturated rings. The van der Waals surface area contributed by atoms with Crippen molar-refractivity contribution in [3.63, 3.8) is 0 Å². The molecule has 0 spiro atoms. The molecule has 2 aromatic carbocycles. The van der Waals surface area contributed by atoms with Gasteiger partial charge in [-0.1, -0.05) is 23.7 Å². The fraction of sp³-hybridized carbons (Fsp3) is 0.355. The van der Waals surface area contributed by atoms with E-state index >= 15 is 0 Å². The maximum Gasteiger partial charge on any atom is 0.416 e. The molecule has 2 amide bonds. The number of hydrogen-bond acceptors (Lipinski definition) is 6. The number of amides is 2. The number of carbonyl (C=O) groups excluding carboxylic acids is 2. The summed E-state index contributed by atoms with van der Waals surface area (Å²) in [7, 11) is 1.57. The first-order valence-corrected chi connectivity index (χ1v) is 14.2. The van der Waals surface area contributed by atoms with Gasteiger partial charge in [0.1, 0.15) is 17.6 Å². The zero-order valence-electron chi connectivity index (χ0n) is 23.3. The van der Waals surface area contributed by atoms with E-state index in [2.05, 4.69) is 16.0 Å². The number of halogens is 4. The zero-order chi connectivity index (χ0) is 30.7. The van der Waals surface area contributed by atoms with Crippen LogP contribution in [0.1, 0.15) is 35.4 Å². The Morgan fingerprint density at radius 2 is 1.70 bits per heavy atom. The van der Waals surface area contributed by atoms with Gasteiger partial charge in [-0.15, -0.1) is 0 Å². The molecular weight excluding hydrogens is 583 g/mol.